The Morgan fingerprint density at radius 3 is 2.91 bits per heavy atom. The van der Waals surface area contributed by atoms with Crippen molar-refractivity contribution >= 4 is 5.91 Å². The maximum Gasteiger partial charge on any atom is 0.252 e. The topological polar surface area (TPSA) is 58.2 Å². The summed E-state index contributed by atoms with van der Waals surface area (Å²) in [5, 5.41) is 7.43. The molecule has 2 aliphatic heterocycles. The molecule has 0 saturated carbocycles. The summed E-state index contributed by atoms with van der Waals surface area (Å²) in [4.78, 5) is 14.4. The molecule has 3 heterocycles. The molecule has 6 heteroatoms. The number of fused-ring (bicyclic) bond motifs is 1. The highest BCUT2D eigenvalue weighted by Gasteiger charge is 2.32. The average Bonchev–Trinajstić information content (AvgIpc) is 3.24. The number of hydrogen-bond acceptors (Lipinski definition) is 3. The van der Waals surface area contributed by atoms with Gasteiger partial charge in [-0.25, -0.2) is 4.39 Å². The fourth-order valence-corrected chi connectivity index (χ4v) is 3.31. The molecule has 0 bridgehead atoms. The van der Waals surface area contributed by atoms with Crippen molar-refractivity contribution in [2.45, 2.75) is 31.9 Å². The second kappa shape index (κ2) is 5.77. The van der Waals surface area contributed by atoms with E-state index in [0.29, 0.717) is 19.7 Å². The van der Waals surface area contributed by atoms with Crippen LogP contribution < -0.4 is 0 Å². The van der Waals surface area contributed by atoms with Gasteiger partial charge in [-0.3, -0.25) is 9.89 Å². The number of hydrogen-bond donors (Lipinski definition) is 1. The first-order chi connectivity index (χ1) is 11.2. The first-order valence-corrected chi connectivity index (χ1v) is 7.95. The van der Waals surface area contributed by atoms with E-state index >= 15 is 0 Å². The minimum absolute atomic E-state index is 0.0689. The first kappa shape index (κ1) is 14.4. The second-order valence-corrected chi connectivity index (χ2v) is 6.05. The van der Waals surface area contributed by atoms with Crippen LogP contribution in [0.5, 0.6) is 0 Å². The number of rotatable bonds is 2. The molecule has 1 N–H and O–H groups in total. The van der Waals surface area contributed by atoms with E-state index < -0.39 is 0 Å². The molecule has 1 atom stereocenters. The van der Waals surface area contributed by atoms with Crippen molar-refractivity contribution in [1.29, 1.82) is 0 Å². The Balaban J connectivity index is 1.59. The van der Waals surface area contributed by atoms with Crippen LogP contribution >= 0.6 is 0 Å². The molecule has 2 aliphatic rings. The fourth-order valence-electron chi connectivity index (χ4n) is 3.31. The number of nitrogens with one attached hydrogen (secondary N) is 1. The first-order valence-electron chi connectivity index (χ1n) is 7.95. The summed E-state index contributed by atoms with van der Waals surface area (Å²) in [7, 11) is 0. The molecular weight excluding hydrogens is 297 g/mol. The Kier molecular flexibility index (Phi) is 3.61. The lowest BCUT2D eigenvalue weighted by atomic mass is 10.0. The minimum Gasteiger partial charge on any atom is -0.368 e. The van der Waals surface area contributed by atoms with Crippen molar-refractivity contribution in [2.75, 3.05) is 13.2 Å². The molecule has 1 aromatic heterocycles. The van der Waals surface area contributed by atoms with Crippen LogP contribution in [0.1, 0.15) is 24.1 Å². The van der Waals surface area contributed by atoms with Gasteiger partial charge in [0.2, 0.25) is 0 Å². The minimum atomic E-state index is -0.294. The van der Waals surface area contributed by atoms with Crippen LogP contribution in [0.3, 0.4) is 0 Å². The van der Waals surface area contributed by atoms with Gasteiger partial charge >= 0.3 is 0 Å². The number of nitrogens with zero attached hydrogens (tertiary/aromatic N) is 2. The highest BCUT2D eigenvalue weighted by molar-refractivity contribution is 5.81. The molecule has 0 aliphatic carbocycles. The molecule has 120 valence electrons. The number of aromatic amines is 1. The Morgan fingerprint density at radius 1 is 1.35 bits per heavy atom. The zero-order valence-electron chi connectivity index (χ0n) is 12.7. The Morgan fingerprint density at radius 2 is 2.17 bits per heavy atom. The molecule has 1 aromatic carbocycles. The molecule has 23 heavy (non-hydrogen) atoms. The summed E-state index contributed by atoms with van der Waals surface area (Å²) in [6.07, 6.45) is 2.21. The lowest BCUT2D eigenvalue weighted by molar-refractivity contribution is -0.141. The van der Waals surface area contributed by atoms with E-state index in [-0.39, 0.29) is 17.8 Å². The van der Waals surface area contributed by atoms with Gasteiger partial charge < -0.3 is 9.64 Å². The second-order valence-electron chi connectivity index (χ2n) is 6.05. The Labute approximate surface area is 133 Å². The summed E-state index contributed by atoms with van der Waals surface area (Å²) in [5.74, 6) is -0.201. The summed E-state index contributed by atoms with van der Waals surface area (Å²) in [5.41, 5.74) is 3.73. The van der Waals surface area contributed by atoms with Gasteiger partial charge in [-0.15, -0.1) is 0 Å². The van der Waals surface area contributed by atoms with Crippen LogP contribution in [0.25, 0.3) is 11.3 Å². The Hall–Kier alpha value is -2.21. The molecule has 2 aromatic rings. The van der Waals surface area contributed by atoms with Crippen molar-refractivity contribution in [2.24, 2.45) is 0 Å². The van der Waals surface area contributed by atoms with Crippen molar-refractivity contribution in [3.63, 3.8) is 0 Å². The van der Waals surface area contributed by atoms with E-state index in [2.05, 4.69) is 10.2 Å². The van der Waals surface area contributed by atoms with Gasteiger partial charge in [0, 0.05) is 42.9 Å². The SMILES string of the molecule is O=C(C1CCCO1)N1CCc2[nH]nc(-c3ccc(F)cc3)c2C1. The van der Waals surface area contributed by atoms with Crippen LogP contribution in [0.4, 0.5) is 4.39 Å². The van der Waals surface area contributed by atoms with Gasteiger partial charge in [0.25, 0.3) is 5.91 Å². The van der Waals surface area contributed by atoms with E-state index in [1.807, 2.05) is 4.90 Å². The van der Waals surface area contributed by atoms with Crippen molar-refractivity contribution in [3.8, 4) is 11.3 Å². The zero-order valence-corrected chi connectivity index (χ0v) is 12.7. The zero-order chi connectivity index (χ0) is 15.8. The molecule has 1 fully saturated rings. The monoisotopic (exact) mass is 315 g/mol. The molecule has 0 spiro atoms. The standard InChI is InChI=1S/C17H18FN3O2/c18-12-5-3-11(4-6-12)16-13-10-21(8-7-14(13)19-20-16)17(22)15-2-1-9-23-15/h3-6,15H,1-2,7-10H2,(H,19,20). The van der Waals surface area contributed by atoms with E-state index in [1.54, 1.807) is 12.1 Å². The molecule has 4 rings (SSSR count). The number of ether oxygens (including phenoxy) is 1. The number of aromatic nitrogens is 2. The maximum absolute atomic E-state index is 13.1. The predicted octanol–water partition coefficient (Wildman–Crippen LogP) is 2.28. The summed E-state index contributed by atoms with van der Waals surface area (Å²) in [6, 6.07) is 6.28. The molecule has 1 unspecified atom stereocenters. The third-order valence-electron chi connectivity index (χ3n) is 4.57. The van der Waals surface area contributed by atoms with Crippen LogP contribution in [0.2, 0.25) is 0 Å². The quantitative estimate of drug-likeness (QED) is 0.925. The van der Waals surface area contributed by atoms with Crippen LogP contribution in [0.15, 0.2) is 24.3 Å². The molecular formula is C17H18FN3O2. The highest BCUT2D eigenvalue weighted by Crippen LogP contribution is 2.29. The van der Waals surface area contributed by atoms with Crippen LogP contribution in [-0.2, 0) is 22.5 Å². The van der Waals surface area contributed by atoms with Crippen LogP contribution in [-0.4, -0.2) is 40.3 Å². The van der Waals surface area contributed by atoms with Crippen molar-refractivity contribution in [3.05, 3.63) is 41.3 Å². The van der Waals surface area contributed by atoms with E-state index in [9.17, 15) is 9.18 Å². The molecule has 1 amide bonds. The van der Waals surface area contributed by atoms with E-state index in [1.165, 1.54) is 12.1 Å². The lowest BCUT2D eigenvalue weighted by Gasteiger charge is -2.29. The van der Waals surface area contributed by atoms with Crippen molar-refractivity contribution in [1.82, 2.24) is 15.1 Å². The van der Waals surface area contributed by atoms with Gasteiger partial charge in [-0.1, -0.05) is 0 Å². The van der Waals surface area contributed by atoms with Gasteiger partial charge in [-0.2, -0.15) is 5.10 Å². The largest absolute Gasteiger partial charge is 0.368 e. The van der Waals surface area contributed by atoms with Gasteiger partial charge in [0.15, 0.2) is 0 Å². The Bertz CT molecular complexity index is 720. The fraction of sp³-hybridized carbons (Fsp3) is 0.412. The summed E-state index contributed by atoms with van der Waals surface area (Å²) in [6.45, 7) is 1.87. The summed E-state index contributed by atoms with van der Waals surface area (Å²) >= 11 is 0. The van der Waals surface area contributed by atoms with E-state index in [0.717, 1.165) is 41.8 Å². The smallest absolute Gasteiger partial charge is 0.252 e. The number of H-pyrrole nitrogens is 1. The maximum atomic E-state index is 13.1. The third-order valence-corrected chi connectivity index (χ3v) is 4.57. The van der Waals surface area contributed by atoms with Gasteiger partial charge in [0.05, 0.1) is 5.69 Å². The summed E-state index contributed by atoms with van der Waals surface area (Å²) < 4.78 is 18.6. The normalized spacial score (nSPS) is 20.6. The van der Waals surface area contributed by atoms with Gasteiger partial charge in [-0.05, 0) is 37.1 Å². The average molecular weight is 315 g/mol. The molecule has 1 saturated heterocycles. The van der Waals surface area contributed by atoms with E-state index in [4.69, 9.17) is 4.74 Å². The number of amides is 1. The van der Waals surface area contributed by atoms with Crippen molar-refractivity contribution < 1.29 is 13.9 Å². The molecule has 5 nitrogen and oxygen atoms in total. The number of carbonyl (C=O) groups excluding carboxylic acids is 1. The number of benzene rings is 1. The number of halogens is 1. The third kappa shape index (κ3) is 2.63. The predicted molar refractivity (Wildman–Crippen MR) is 82.1 cm³/mol. The highest BCUT2D eigenvalue weighted by atomic mass is 19.1. The van der Waals surface area contributed by atoms with Gasteiger partial charge in [0.1, 0.15) is 11.9 Å². The lowest BCUT2D eigenvalue weighted by Crippen LogP contribution is -2.41. The van der Waals surface area contributed by atoms with Crippen LogP contribution in [0, 0.1) is 5.82 Å². The number of carbonyl (C=O) groups is 1. The molecule has 0 radical (unpaired) electrons.